The van der Waals surface area contributed by atoms with Crippen molar-refractivity contribution in [1.29, 1.82) is 0 Å². The van der Waals surface area contributed by atoms with Crippen molar-refractivity contribution in [3.05, 3.63) is 83.6 Å². The Hall–Kier alpha value is -2.81. The molecule has 0 bridgehead atoms. The number of phenols is 1. The maximum atomic E-state index is 11.6. The molecule has 1 aliphatic carbocycles. The summed E-state index contributed by atoms with van der Waals surface area (Å²) in [7, 11) is 0. The van der Waals surface area contributed by atoms with E-state index < -0.39 is 0 Å². The van der Waals surface area contributed by atoms with E-state index in [0.29, 0.717) is 11.5 Å². The van der Waals surface area contributed by atoms with Crippen molar-refractivity contribution in [3.8, 4) is 11.5 Å². The van der Waals surface area contributed by atoms with Crippen LogP contribution in [0.4, 0.5) is 0 Å². The van der Waals surface area contributed by atoms with Gasteiger partial charge in [0.2, 0.25) is 0 Å². The summed E-state index contributed by atoms with van der Waals surface area (Å²) in [5.74, 6) is 1.40. The first kappa shape index (κ1) is 12.9. The van der Waals surface area contributed by atoms with E-state index in [-0.39, 0.29) is 23.4 Å². The van der Waals surface area contributed by atoms with Crippen molar-refractivity contribution >= 4 is 5.78 Å². The average Bonchev–Trinajstić information content (AvgIpc) is 2.53. The largest absolute Gasteiger partial charge is 0.508 e. The smallest absolute Gasteiger partial charge is 0.181 e. The molecule has 0 amide bonds. The Morgan fingerprint density at radius 2 is 1.86 bits per heavy atom. The monoisotopic (exact) mass is 290 g/mol. The molecule has 2 atom stereocenters. The van der Waals surface area contributed by atoms with Gasteiger partial charge in [-0.05, 0) is 17.7 Å². The third-order valence-electron chi connectivity index (χ3n) is 4.16. The highest BCUT2D eigenvalue weighted by atomic mass is 16.5. The van der Waals surface area contributed by atoms with Crippen molar-refractivity contribution in [3.63, 3.8) is 0 Å². The maximum Gasteiger partial charge on any atom is 0.181 e. The van der Waals surface area contributed by atoms with Gasteiger partial charge in [0.1, 0.15) is 17.3 Å². The Labute approximate surface area is 128 Å². The van der Waals surface area contributed by atoms with Gasteiger partial charge in [0, 0.05) is 29.5 Å². The minimum atomic E-state index is -0.0679. The van der Waals surface area contributed by atoms with E-state index in [1.54, 1.807) is 18.2 Å². The van der Waals surface area contributed by atoms with E-state index in [4.69, 9.17) is 4.74 Å². The molecule has 108 valence electrons. The van der Waals surface area contributed by atoms with Crippen molar-refractivity contribution in [1.82, 2.24) is 0 Å². The predicted molar refractivity (Wildman–Crippen MR) is 82.7 cm³/mol. The molecule has 22 heavy (non-hydrogen) atoms. The first-order chi connectivity index (χ1) is 10.7. The van der Waals surface area contributed by atoms with Crippen LogP contribution in [0.1, 0.15) is 17.0 Å². The lowest BCUT2D eigenvalue weighted by molar-refractivity contribution is -0.110. The first-order valence-corrected chi connectivity index (χ1v) is 7.22. The van der Waals surface area contributed by atoms with Gasteiger partial charge in [0.25, 0.3) is 0 Å². The Balaban J connectivity index is 1.92. The van der Waals surface area contributed by atoms with Gasteiger partial charge >= 0.3 is 0 Å². The van der Waals surface area contributed by atoms with Crippen molar-refractivity contribution in [2.24, 2.45) is 5.92 Å². The van der Waals surface area contributed by atoms with Crippen LogP contribution in [-0.4, -0.2) is 10.9 Å². The van der Waals surface area contributed by atoms with Crippen LogP contribution >= 0.6 is 0 Å². The zero-order chi connectivity index (χ0) is 15.1. The predicted octanol–water partition coefficient (Wildman–Crippen LogP) is 3.56. The number of hydrogen-bond donors (Lipinski definition) is 1. The number of ketones is 1. The molecular formula is C19H14O3. The maximum absolute atomic E-state index is 11.6. The van der Waals surface area contributed by atoms with Crippen molar-refractivity contribution in [2.75, 3.05) is 0 Å². The molecule has 0 spiro atoms. The molecule has 4 rings (SSSR count). The second kappa shape index (κ2) is 4.88. The van der Waals surface area contributed by atoms with Gasteiger partial charge in [-0.25, -0.2) is 0 Å². The molecule has 1 heterocycles. The lowest BCUT2D eigenvalue weighted by Gasteiger charge is -2.35. The number of hydrogen-bond acceptors (Lipinski definition) is 3. The minimum Gasteiger partial charge on any atom is -0.508 e. The van der Waals surface area contributed by atoms with E-state index in [1.165, 1.54) is 6.08 Å². The van der Waals surface area contributed by atoms with Crippen LogP contribution in [0.5, 0.6) is 11.5 Å². The van der Waals surface area contributed by atoms with Gasteiger partial charge in [-0.15, -0.1) is 0 Å². The fourth-order valence-corrected chi connectivity index (χ4v) is 3.19. The lowest BCUT2D eigenvalue weighted by atomic mass is 9.76. The third kappa shape index (κ3) is 2.02. The van der Waals surface area contributed by atoms with Gasteiger partial charge in [-0.3, -0.25) is 4.79 Å². The summed E-state index contributed by atoms with van der Waals surface area (Å²) in [6, 6.07) is 15.3. The standard InChI is InChI=1S/C19H14O3/c20-13-6-8-15-17(10-13)22-18-11-14(21)7-9-16(18)19(15)12-4-2-1-3-5-12/h1-11,15,19,21H/t15-,19-/m1/s1. The highest BCUT2D eigenvalue weighted by Gasteiger charge is 2.36. The SMILES string of the molecule is O=C1C=C[C@@H]2C(=C1)Oc1cc(O)ccc1[C@@H]2c1ccccc1. The minimum absolute atomic E-state index is 0.00265. The van der Waals surface area contributed by atoms with E-state index in [0.717, 1.165) is 11.1 Å². The molecule has 0 fully saturated rings. The zero-order valence-electron chi connectivity index (χ0n) is 11.8. The summed E-state index contributed by atoms with van der Waals surface area (Å²) >= 11 is 0. The Kier molecular flexibility index (Phi) is 2.86. The molecule has 3 nitrogen and oxygen atoms in total. The first-order valence-electron chi connectivity index (χ1n) is 7.22. The van der Waals surface area contributed by atoms with E-state index in [9.17, 15) is 9.90 Å². The number of allylic oxidation sites excluding steroid dienone is 3. The van der Waals surface area contributed by atoms with Gasteiger partial charge < -0.3 is 9.84 Å². The van der Waals surface area contributed by atoms with Gasteiger partial charge in [-0.1, -0.05) is 42.5 Å². The number of rotatable bonds is 1. The van der Waals surface area contributed by atoms with E-state index >= 15 is 0 Å². The molecule has 0 saturated heterocycles. The average molecular weight is 290 g/mol. The molecule has 3 heteroatoms. The number of aromatic hydroxyl groups is 1. The number of ether oxygens (including phenoxy) is 1. The number of fused-ring (bicyclic) bond motifs is 2. The molecule has 0 saturated carbocycles. The van der Waals surface area contributed by atoms with Crippen LogP contribution in [0, 0.1) is 5.92 Å². The highest BCUT2D eigenvalue weighted by Crippen LogP contribution is 2.47. The summed E-state index contributed by atoms with van der Waals surface area (Å²) in [5, 5.41) is 9.71. The van der Waals surface area contributed by atoms with Crippen LogP contribution in [0.25, 0.3) is 0 Å². The summed E-state index contributed by atoms with van der Waals surface area (Å²) in [6.45, 7) is 0. The van der Waals surface area contributed by atoms with Crippen LogP contribution in [0.3, 0.4) is 0 Å². The summed E-state index contributed by atoms with van der Waals surface area (Å²) in [6.07, 6.45) is 5.04. The lowest BCUT2D eigenvalue weighted by Crippen LogP contribution is -2.26. The second-order valence-electron chi connectivity index (χ2n) is 5.55. The van der Waals surface area contributed by atoms with Crippen molar-refractivity contribution in [2.45, 2.75) is 5.92 Å². The van der Waals surface area contributed by atoms with Crippen LogP contribution in [0.2, 0.25) is 0 Å². The quantitative estimate of drug-likeness (QED) is 0.873. The zero-order valence-corrected chi connectivity index (χ0v) is 11.8. The fraction of sp³-hybridized carbons (Fsp3) is 0.105. The number of benzene rings is 2. The molecule has 2 aromatic carbocycles. The number of phenolic OH excluding ortho intramolecular Hbond substituents is 1. The molecule has 1 N–H and O–H groups in total. The summed E-state index contributed by atoms with van der Waals surface area (Å²) in [5.41, 5.74) is 2.18. The molecule has 2 aromatic rings. The Morgan fingerprint density at radius 3 is 2.68 bits per heavy atom. The van der Waals surface area contributed by atoms with E-state index in [2.05, 4.69) is 12.1 Å². The summed E-state index contributed by atoms with van der Waals surface area (Å²) in [4.78, 5) is 11.6. The van der Waals surface area contributed by atoms with Gasteiger partial charge in [-0.2, -0.15) is 0 Å². The van der Waals surface area contributed by atoms with E-state index in [1.807, 2.05) is 30.3 Å². The highest BCUT2D eigenvalue weighted by molar-refractivity contribution is 6.00. The van der Waals surface area contributed by atoms with Crippen LogP contribution in [0.15, 0.2) is 72.5 Å². The Bertz CT molecular complexity index is 803. The third-order valence-corrected chi connectivity index (χ3v) is 4.16. The van der Waals surface area contributed by atoms with Crippen LogP contribution < -0.4 is 4.74 Å². The van der Waals surface area contributed by atoms with Crippen LogP contribution in [-0.2, 0) is 4.79 Å². The van der Waals surface area contributed by atoms with Crippen molar-refractivity contribution < 1.29 is 14.6 Å². The number of carbonyl (C=O) groups is 1. The van der Waals surface area contributed by atoms with Gasteiger partial charge in [0.05, 0.1) is 0 Å². The van der Waals surface area contributed by atoms with Gasteiger partial charge in [0.15, 0.2) is 5.78 Å². The molecule has 1 aliphatic heterocycles. The molecule has 0 radical (unpaired) electrons. The topological polar surface area (TPSA) is 46.5 Å². The fourth-order valence-electron chi connectivity index (χ4n) is 3.19. The summed E-state index contributed by atoms with van der Waals surface area (Å²) < 4.78 is 5.87. The second-order valence-corrected chi connectivity index (χ2v) is 5.55. The molecule has 0 aromatic heterocycles. The normalized spacial score (nSPS) is 22.4. The molecule has 2 aliphatic rings. The molecular weight excluding hydrogens is 276 g/mol. The molecule has 0 unspecified atom stereocenters. The Morgan fingerprint density at radius 1 is 1.05 bits per heavy atom. The number of carbonyl (C=O) groups excluding carboxylic acids is 1.